The van der Waals surface area contributed by atoms with Gasteiger partial charge in [-0.1, -0.05) is 6.92 Å². The molecule has 0 spiro atoms. The van der Waals surface area contributed by atoms with E-state index in [2.05, 4.69) is 0 Å². The summed E-state index contributed by atoms with van der Waals surface area (Å²) in [6.45, 7) is 1.96. The highest BCUT2D eigenvalue weighted by Gasteiger charge is 2.32. The lowest BCUT2D eigenvalue weighted by Crippen LogP contribution is -2.43. The van der Waals surface area contributed by atoms with Gasteiger partial charge in [0.1, 0.15) is 6.10 Å². The van der Waals surface area contributed by atoms with Crippen LogP contribution in [0.25, 0.3) is 0 Å². The monoisotopic (exact) mass is 146 g/mol. The maximum Gasteiger partial charge on any atom is 0.106 e. The van der Waals surface area contributed by atoms with Crippen LogP contribution in [0, 0.1) is 5.92 Å². The largest absolute Gasteiger partial charge is 0.390 e. The molecular weight excluding hydrogens is 132 g/mol. The Morgan fingerprint density at radius 2 is 1.40 bits per heavy atom. The Bertz CT molecular complexity index is 103. The maximum atomic E-state index is 9.11. The van der Waals surface area contributed by atoms with Crippen molar-refractivity contribution in [2.45, 2.75) is 38.1 Å². The highest BCUT2D eigenvalue weighted by atomic mass is 16.4. The lowest BCUT2D eigenvalue weighted by Gasteiger charge is -2.32. The fraction of sp³-hybridized carbons (Fsp3) is 1.00. The van der Waals surface area contributed by atoms with E-state index in [1.807, 2.05) is 6.92 Å². The number of hydrogen-bond acceptors (Lipinski definition) is 3. The Morgan fingerprint density at radius 1 is 1.00 bits per heavy atom. The number of aliphatic hydroxyl groups is 3. The molecule has 2 atom stereocenters. The third kappa shape index (κ3) is 1.48. The minimum absolute atomic E-state index is 0.313. The van der Waals surface area contributed by atoms with Gasteiger partial charge in [0.05, 0.1) is 12.2 Å². The van der Waals surface area contributed by atoms with Gasteiger partial charge in [-0.25, -0.2) is 0 Å². The molecule has 3 heteroatoms. The van der Waals surface area contributed by atoms with Crippen LogP contribution in [0.15, 0.2) is 0 Å². The first kappa shape index (κ1) is 7.98. The molecule has 0 heterocycles. The Hall–Kier alpha value is -0.120. The average Bonchev–Trinajstić information content (AvgIpc) is 1.82. The Morgan fingerprint density at radius 3 is 1.80 bits per heavy atom. The van der Waals surface area contributed by atoms with Gasteiger partial charge in [0.15, 0.2) is 0 Å². The molecule has 1 aliphatic rings. The molecule has 0 aromatic carbocycles. The molecule has 0 aromatic heterocycles. The molecule has 1 fully saturated rings. The molecule has 0 saturated heterocycles. The average molecular weight is 146 g/mol. The van der Waals surface area contributed by atoms with Crippen molar-refractivity contribution in [3.63, 3.8) is 0 Å². The summed E-state index contributed by atoms with van der Waals surface area (Å²) in [4.78, 5) is 0. The first-order valence-corrected chi connectivity index (χ1v) is 3.65. The van der Waals surface area contributed by atoms with Gasteiger partial charge in [-0.05, 0) is 18.8 Å². The molecule has 3 N–H and O–H groups in total. The van der Waals surface area contributed by atoms with Gasteiger partial charge >= 0.3 is 0 Å². The minimum atomic E-state index is -0.934. The third-order valence-electron chi connectivity index (χ3n) is 2.08. The van der Waals surface area contributed by atoms with Crippen LogP contribution >= 0.6 is 0 Å². The highest BCUT2D eigenvalue weighted by molar-refractivity contribution is 4.83. The Labute approximate surface area is 60.3 Å². The molecule has 0 aromatic rings. The normalized spacial score (nSPS) is 49.2. The SMILES string of the molecule is CC1C[C@@H](O)C(O)[C@H](O)C1. The van der Waals surface area contributed by atoms with Crippen LogP contribution in [0.4, 0.5) is 0 Å². The summed E-state index contributed by atoms with van der Waals surface area (Å²) in [6.07, 6.45) is -1.22. The molecule has 1 aliphatic carbocycles. The second kappa shape index (κ2) is 2.86. The number of rotatable bonds is 0. The quantitative estimate of drug-likeness (QED) is 0.431. The first-order chi connectivity index (χ1) is 4.61. The van der Waals surface area contributed by atoms with Crippen molar-refractivity contribution in [3.05, 3.63) is 0 Å². The van der Waals surface area contributed by atoms with E-state index in [0.29, 0.717) is 18.8 Å². The van der Waals surface area contributed by atoms with E-state index < -0.39 is 18.3 Å². The summed E-state index contributed by atoms with van der Waals surface area (Å²) in [6, 6.07) is 0. The summed E-state index contributed by atoms with van der Waals surface area (Å²) in [5.41, 5.74) is 0. The Balaban J connectivity index is 2.49. The molecular formula is C7H14O3. The summed E-state index contributed by atoms with van der Waals surface area (Å²) in [5.74, 6) is 0.313. The van der Waals surface area contributed by atoms with Crippen molar-refractivity contribution >= 4 is 0 Å². The van der Waals surface area contributed by atoms with Crippen LogP contribution in [-0.4, -0.2) is 33.6 Å². The zero-order valence-electron chi connectivity index (χ0n) is 6.07. The third-order valence-corrected chi connectivity index (χ3v) is 2.08. The lowest BCUT2D eigenvalue weighted by atomic mass is 9.85. The molecule has 1 rings (SSSR count). The van der Waals surface area contributed by atoms with E-state index in [1.165, 1.54) is 0 Å². The maximum absolute atomic E-state index is 9.11. The molecule has 1 saturated carbocycles. The number of aliphatic hydroxyl groups excluding tert-OH is 3. The van der Waals surface area contributed by atoms with Gasteiger partial charge in [0.2, 0.25) is 0 Å². The first-order valence-electron chi connectivity index (χ1n) is 3.65. The molecule has 0 aliphatic heterocycles. The molecule has 0 bridgehead atoms. The van der Waals surface area contributed by atoms with E-state index in [9.17, 15) is 0 Å². The van der Waals surface area contributed by atoms with Crippen LogP contribution in [0.1, 0.15) is 19.8 Å². The predicted molar refractivity (Wildman–Crippen MR) is 36.4 cm³/mol. The van der Waals surface area contributed by atoms with Crippen LogP contribution in [-0.2, 0) is 0 Å². The van der Waals surface area contributed by atoms with Crippen molar-refractivity contribution in [3.8, 4) is 0 Å². The fourth-order valence-electron chi connectivity index (χ4n) is 1.46. The zero-order valence-corrected chi connectivity index (χ0v) is 6.07. The van der Waals surface area contributed by atoms with Crippen molar-refractivity contribution in [1.29, 1.82) is 0 Å². The van der Waals surface area contributed by atoms with Crippen LogP contribution in [0.5, 0.6) is 0 Å². The second-order valence-corrected chi connectivity index (χ2v) is 3.20. The summed E-state index contributed by atoms with van der Waals surface area (Å²) in [5, 5.41) is 27.3. The minimum Gasteiger partial charge on any atom is -0.390 e. The van der Waals surface area contributed by atoms with Gasteiger partial charge < -0.3 is 15.3 Å². The van der Waals surface area contributed by atoms with Crippen LogP contribution in [0.2, 0.25) is 0 Å². The van der Waals surface area contributed by atoms with E-state index in [4.69, 9.17) is 15.3 Å². The van der Waals surface area contributed by atoms with E-state index >= 15 is 0 Å². The summed E-state index contributed by atoms with van der Waals surface area (Å²) in [7, 11) is 0. The van der Waals surface area contributed by atoms with Crippen LogP contribution in [0.3, 0.4) is 0 Å². The molecule has 3 nitrogen and oxygen atoms in total. The van der Waals surface area contributed by atoms with Crippen molar-refractivity contribution in [1.82, 2.24) is 0 Å². The van der Waals surface area contributed by atoms with Gasteiger partial charge in [-0.2, -0.15) is 0 Å². The van der Waals surface area contributed by atoms with Crippen molar-refractivity contribution in [2.75, 3.05) is 0 Å². The molecule has 0 radical (unpaired) electrons. The summed E-state index contributed by atoms with van der Waals surface area (Å²) >= 11 is 0. The van der Waals surface area contributed by atoms with Gasteiger partial charge in [0, 0.05) is 0 Å². The molecule has 60 valence electrons. The van der Waals surface area contributed by atoms with Crippen LogP contribution < -0.4 is 0 Å². The molecule has 0 amide bonds. The predicted octanol–water partition coefficient (Wildman–Crippen LogP) is -0.501. The lowest BCUT2D eigenvalue weighted by molar-refractivity contribution is -0.0974. The van der Waals surface area contributed by atoms with Gasteiger partial charge in [-0.3, -0.25) is 0 Å². The fourth-order valence-corrected chi connectivity index (χ4v) is 1.46. The standard InChI is InChI=1S/C7H14O3/c1-4-2-5(8)7(10)6(9)3-4/h4-10H,2-3H2,1H3/t4?,5-,6-,7?/m1/s1. The highest BCUT2D eigenvalue weighted by Crippen LogP contribution is 2.24. The smallest absolute Gasteiger partial charge is 0.106 e. The van der Waals surface area contributed by atoms with Crippen molar-refractivity contribution < 1.29 is 15.3 Å². The molecule has 0 unspecified atom stereocenters. The zero-order chi connectivity index (χ0) is 7.72. The van der Waals surface area contributed by atoms with Gasteiger partial charge in [0.25, 0.3) is 0 Å². The Kier molecular flexibility index (Phi) is 2.28. The molecule has 10 heavy (non-hydrogen) atoms. The van der Waals surface area contributed by atoms with E-state index in [0.717, 1.165) is 0 Å². The second-order valence-electron chi connectivity index (χ2n) is 3.20. The summed E-state index contributed by atoms with van der Waals surface area (Å²) < 4.78 is 0. The van der Waals surface area contributed by atoms with E-state index in [-0.39, 0.29) is 0 Å². The number of hydrogen-bond donors (Lipinski definition) is 3. The van der Waals surface area contributed by atoms with Gasteiger partial charge in [-0.15, -0.1) is 0 Å². The van der Waals surface area contributed by atoms with E-state index in [1.54, 1.807) is 0 Å². The topological polar surface area (TPSA) is 60.7 Å². The van der Waals surface area contributed by atoms with Crippen molar-refractivity contribution in [2.24, 2.45) is 5.92 Å².